The number of nitrogens with one attached hydrogen (secondary N) is 1. The highest BCUT2D eigenvalue weighted by molar-refractivity contribution is 6.30. The molecule has 0 aromatic heterocycles. The molecule has 2 aromatic rings. The number of carbonyl (C=O) groups is 2. The summed E-state index contributed by atoms with van der Waals surface area (Å²) < 4.78 is 4.96. The van der Waals surface area contributed by atoms with E-state index in [-0.39, 0.29) is 30.7 Å². The lowest BCUT2D eigenvalue weighted by molar-refractivity contribution is -0.148. The minimum Gasteiger partial charge on any atom is -0.508 e. The molecule has 0 aliphatic heterocycles. The van der Waals surface area contributed by atoms with Crippen LogP contribution in [0.4, 0.5) is 0 Å². The Morgan fingerprint density at radius 1 is 1.21 bits per heavy atom. The van der Waals surface area contributed by atoms with Gasteiger partial charge in [-0.2, -0.15) is 0 Å². The van der Waals surface area contributed by atoms with Gasteiger partial charge in [0, 0.05) is 5.02 Å². The number of esters is 1. The topological polar surface area (TPSA) is 75.6 Å². The summed E-state index contributed by atoms with van der Waals surface area (Å²) in [6.07, 6.45) is 0.0391. The third kappa shape index (κ3) is 5.59. The maximum absolute atomic E-state index is 11.9. The zero-order valence-electron chi connectivity index (χ0n) is 13.2. The van der Waals surface area contributed by atoms with E-state index in [1.165, 1.54) is 12.1 Å². The van der Waals surface area contributed by atoms with E-state index in [1.807, 2.05) is 13.0 Å². The van der Waals surface area contributed by atoms with E-state index >= 15 is 0 Å². The molecule has 0 radical (unpaired) electrons. The third-order valence-electron chi connectivity index (χ3n) is 3.38. The summed E-state index contributed by atoms with van der Waals surface area (Å²) in [6.45, 7) is 1.48. The molecule has 5 nitrogen and oxygen atoms in total. The van der Waals surface area contributed by atoms with Crippen LogP contribution in [0.15, 0.2) is 48.5 Å². The number of halogens is 1. The van der Waals surface area contributed by atoms with Gasteiger partial charge in [0.2, 0.25) is 0 Å². The molecule has 2 rings (SSSR count). The van der Waals surface area contributed by atoms with Crippen molar-refractivity contribution in [3.05, 3.63) is 64.7 Å². The molecule has 0 spiro atoms. The predicted octanol–water partition coefficient (Wildman–Crippen LogP) is 3.01. The Balaban J connectivity index is 1.78. The normalized spacial score (nSPS) is 11.6. The van der Waals surface area contributed by atoms with Crippen molar-refractivity contribution in [1.82, 2.24) is 5.32 Å². The molecule has 0 heterocycles. The van der Waals surface area contributed by atoms with Crippen molar-refractivity contribution in [3.8, 4) is 5.75 Å². The van der Waals surface area contributed by atoms with Crippen molar-refractivity contribution in [3.63, 3.8) is 0 Å². The van der Waals surface area contributed by atoms with Crippen LogP contribution in [0.25, 0.3) is 0 Å². The first-order valence-electron chi connectivity index (χ1n) is 7.42. The smallest absolute Gasteiger partial charge is 0.310 e. The van der Waals surface area contributed by atoms with Gasteiger partial charge in [0.1, 0.15) is 5.75 Å². The van der Waals surface area contributed by atoms with E-state index < -0.39 is 5.97 Å². The first-order valence-corrected chi connectivity index (χ1v) is 7.80. The quantitative estimate of drug-likeness (QED) is 0.788. The average Bonchev–Trinajstić information content (AvgIpc) is 2.55. The number of hydrogen-bond acceptors (Lipinski definition) is 4. The summed E-state index contributed by atoms with van der Waals surface area (Å²) in [5, 5.41) is 12.5. The second-order valence-electron chi connectivity index (χ2n) is 5.35. The van der Waals surface area contributed by atoms with Crippen LogP contribution in [0.1, 0.15) is 24.1 Å². The zero-order valence-corrected chi connectivity index (χ0v) is 13.9. The number of benzene rings is 2. The molecule has 0 aliphatic carbocycles. The predicted molar refractivity (Wildman–Crippen MR) is 90.8 cm³/mol. The molecule has 0 aliphatic rings. The second kappa shape index (κ2) is 8.36. The minimum atomic E-state index is -0.508. The molecule has 0 saturated heterocycles. The SMILES string of the molecule is C[C@H](NC(=O)COC(=O)Cc1ccc(O)cc1)c1cccc(Cl)c1. The summed E-state index contributed by atoms with van der Waals surface area (Å²) in [4.78, 5) is 23.6. The Bertz CT molecular complexity index is 715. The maximum Gasteiger partial charge on any atom is 0.310 e. The second-order valence-corrected chi connectivity index (χ2v) is 5.78. The summed E-state index contributed by atoms with van der Waals surface area (Å²) in [5.41, 5.74) is 1.57. The third-order valence-corrected chi connectivity index (χ3v) is 3.61. The maximum atomic E-state index is 11.9. The van der Waals surface area contributed by atoms with Crippen molar-refractivity contribution < 1.29 is 19.4 Å². The first kappa shape index (κ1) is 17.8. The molecule has 1 atom stereocenters. The summed E-state index contributed by atoms with van der Waals surface area (Å²) >= 11 is 5.92. The van der Waals surface area contributed by atoms with Crippen LogP contribution in [-0.2, 0) is 20.7 Å². The fourth-order valence-corrected chi connectivity index (χ4v) is 2.32. The van der Waals surface area contributed by atoms with E-state index in [4.69, 9.17) is 16.3 Å². The van der Waals surface area contributed by atoms with E-state index in [0.29, 0.717) is 10.6 Å². The van der Waals surface area contributed by atoms with Crippen molar-refractivity contribution >= 4 is 23.5 Å². The van der Waals surface area contributed by atoms with Gasteiger partial charge in [-0.25, -0.2) is 0 Å². The van der Waals surface area contributed by atoms with Crippen molar-refractivity contribution in [1.29, 1.82) is 0 Å². The highest BCUT2D eigenvalue weighted by Gasteiger charge is 2.12. The van der Waals surface area contributed by atoms with Crippen molar-refractivity contribution in [2.45, 2.75) is 19.4 Å². The van der Waals surface area contributed by atoms with Crippen LogP contribution in [0.3, 0.4) is 0 Å². The first-order chi connectivity index (χ1) is 11.4. The number of carbonyl (C=O) groups excluding carboxylic acids is 2. The van der Waals surface area contributed by atoms with E-state index in [0.717, 1.165) is 5.56 Å². The van der Waals surface area contributed by atoms with Crippen LogP contribution >= 0.6 is 11.6 Å². The molecule has 1 amide bonds. The van der Waals surface area contributed by atoms with Gasteiger partial charge < -0.3 is 15.2 Å². The number of phenolic OH excluding ortho intramolecular Hbond substituents is 1. The van der Waals surface area contributed by atoms with Crippen LogP contribution < -0.4 is 5.32 Å². The molecule has 0 fully saturated rings. The van der Waals surface area contributed by atoms with Crippen molar-refractivity contribution in [2.75, 3.05) is 6.61 Å². The Hall–Kier alpha value is -2.53. The van der Waals surface area contributed by atoms with Crippen LogP contribution in [0.2, 0.25) is 5.02 Å². The van der Waals surface area contributed by atoms with Crippen LogP contribution in [-0.4, -0.2) is 23.6 Å². The van der Waals surface area contributed by atoms with Crippen LogP contribution in [0, 0.1) is 0 Å². The average molecular weight is 348 g/mol. The Morgan fingerprint density at radius 2 is 1.92 bits per heavy atom. The van der Waals surface area contributed by atoms with Gasteiger partial charge in [-0.3, -0.25) is 9.59 Å². The number of aromatic hydroxyl groups is 1. The molecule has 24 heavy (non-hydrogen) atoms. The molecule has 0 bridgehead atoms. The molecular formula is C18H18ClNO4. The lowest BCUT2D eigenvalue weighted by Gasteiger charge is -2.14. The standard InChI is InChI=1S/C18H18ClNO4/c1-12(14-3-2-4-15(19)10-14)20-17(22)11-24-18(23)9-13-5-7-16(21)8-6-13/h2-8,10,12,21H,9,11H2,1H3,(H,20,22)/t12-/m0/s1. The van der Waals surface area contributed by atoms with E-state index in [2.05, 4.69) is 5.32 Å². The fourth-order valence-electron chi connectivity index (χ4n) is 2.12. The Morgan fingerprint density at radius 3 is 2.58 bits per heavy atom. The Labute approximate surface area is 145 Å². The monoisotopic (exact) mass is 347 g/mol. The number of hydrogen-bond donors (Lipinski definition) is 2. The summed E-state index contributed by atoms with van der Waals surface area (Å²) in [7, 11) is 0. The zero-order chi connectivity index (χ0) is 17.5. The van der Waals surface area contributed by atoms with Gasteiger partial charge in [0.25, 0.3) is 5.91 Å². The summed E-state index contributed by atoms with van der Waals surface area (Å²) in [6, 6.07) is 13.2. The molecular weight excluding hydrogens is 330 g/mol. The fraction of sp³-hybridized carbons (Fsp3) is 0.222. The Kier molecular flexibility index (Phi) is 6.21. The minimum absolute atomic E-state index is 0.0391. The van der Waals surface area contributed by atoms with E-state index in [1.54, 1.807) is 30.3 Å². The number of rotatable bonds is 6. The van der Waals surface area contributed by atoms with Gasteiger partial charge in [-0.05, 0) is 42.3 Å². The molecule has 6 heteroatoms. The summed E-state index contributed by atoms with van der Waals surface area (Å²) in [5.74, 6) is -0.769. The molecule has 2 N–H and O–H groups in total. The van der Waals surface area contributed by atoms with E-state index in [9.17, 15) is 14.7 Å². The van der Waals surface area contributed by atoms with Gasteiger partial charge in [-0.1, -0.05) is 35.9 Å². The highest BCUT2D eigenvalue weighted by Crippen LogP contribution is 2.17. The van der Waals surface area contributed by atoms with Gasteiger partial charge in [0.15, 0.2) is 6.61 Å². The van der Waals surface area contributed by atoms with Crippen molar-refractivity contribution in [2.24, 2.45) is 0 Å². The molecule has 126 valence electrons. The van der Waals surface area contributed by atoms with Gasteiger partial charge >= 0.3 is 5.97 Å². The number of ether oxygens (including phenoxy) is 1. The molecule has 0 unspecified atom stereocenters. The van der Waals surface area contributed by atoms with Crippen LogP contribution in [0.5, 0.6) is 5.75 Å². The van der Waals surface area contributed by atoms with Gasteiger partial charge in [0.05, 0.1) is 12.5 Å². The number of amides is 1. The number of phenols is 1. The molecule has 2 aromatic carbocycles. The lowest BCUT2D eigenvalue weighted by Crippen LogP contribution is -2.31. The molecule has 0 saturated carbocycles. The largest absolute Gasteiger partial charge is 0.508 e. The highest BCUT2D eigenvalue weighted by atomic mass is 35.5. The van der Waals surface area contributed by atoms with Gasteiger partial charge in [-0.15, -0.1) is 0 Å². The lowest BCUT2D eigenvalue weighted by atomic mass is 10.1.